The molecule has 0 aliphatic carbocycles. The molecule has 0 bridgehead atoms. The Hall–Kier alpha value is -2.26. The van der Waals surface area contributed by atoms with Crippen LogP contribution in [0.15, 0.2) is 24.3 Å². The van der Waals surface area contributed by atoms with Gasteiger partial charge in [0.1, 0.15) is 10.4 Å². The Morgan fingerprint density at radius 3 is 2.36 bits per heavy atom. The van der Waals surface area contributed by atoms with Crippen molar-refractivity contribution in [3.05, 3.63) is 35.4 Å². The summed E-state index contributed by atoms with van der Waals surface area (Å²) >= 11 is 6.35. The molecule has 0 aromatic heterocycles. The summed E-state index contributed by atoms with van der Waals surface area (Å²) in [6.45, 7) is 1.96. The molecule has 4 amide bonds. The van der Waals surface area contributed by atoms with Crippen molar-refractivity contribution in [3.8, 4) is 0 Å². The topological polar surface area (TPSA) is 86.8 Å². The van der Waals surface area contributed by atoms with Gasteiger partial charge >= 0.3 is 0 Å². The molecule has 0 radical (unpaired) electrons. The molecule has 9 heteroatoms. The Balaban J connectivity index is 1.60. The van der Waals surface area contributed by atoms with Crippen LogP contribution in [0.1, 0.15) is 27.6 Å². The number of nitrogens with one attached hydrogen (secondary N) is 1. The van der Waals surface area contributed by atoms with E-state index in [4.69, 9.17) is 12.2 Å². The summed E-state index contributed by atoms with van der Waals surface area (Å²) < 4.78 is 0.493. The Morgan fingerprint density at radius 2 is 1.84 bits per heavy atom. The van der Waals surface area contributed by atoms with E-state index in [9.17, 15) is 19.2 Å². The minimum Gasteiger partial charge on any atom is -0.353 e. The molecule has 1 atom stereocenters. The minimum absolute atomic E-state index is 0.0855. The Labute approximate surface area is 153 Å². The molecule has 1 fully saturated rings. The molecule has 3 rings (SSSR count). The second kappa shape index (κ2) is 6.93. The van der Waals surface area contributed by atoms with E-state index in [-0.39, 0.29) is 19.0 Å². The zero-order chi connectivity index (χ0) is 18.1. The van der Waals surface area contributed by atoms with Crippen LogP contribution in [-0.4, -0.2) is 62.6 Å². The first-order valence-electron chi connectivity index (χ1n) is 7.63. The number of carbonyl (C=O) groups is 4. The number of rotatable bonds is 5. The average molecular weight is 377 g/mol. The highest BCUT2D eigenvalue weighted by atomic mass is 32.2. The fraction of sp³-hybridized carbons (Fsp3) is 0.312. The van der Waals surface area contributed by atoms with Gasteiger partial charge in [0.25, 0.3) is 11.8 Å². The van der Waals surface area contributed by atoms with Crippen molar-refractivity contribution in [1.29, 1.82) is 0 Å². The van der Waals surface area contributed by atoms with E-state index in [1.54, 1.807) is 24.3 Å². The normalized spacial score (nSPS) is 18.0. The van der Waals surface area contributed by atoms with Crippen LogP contribution >= 0.6 is 24.0 Å². The summed E-state index contributed by atoms with van der Waals surface area (Å²) in [4.78, 5) is 51.1. The predicted molar refractivity (Wildman–Crippen MR) is 96.2 cm³/mol. The summed E-state index contributed by atoms with van der Waals surface area (Å²) in [6.07, 6.45) is 0. The minimum atomic E-state index is -0.942. The van der Waals surface area contributed by atoms with Gasteiger partial charge in [0, 0.05) is 13.1 Å². The predicted octanol–water partition coefficient (Wildman–Crippen LogP) is 0.648. The standard InChI is InChI=1S/C16H15N3O4S2/c1-9(13(21)17-6-7-18-12(20)8-25-16(18)24)19-14(22)10-4-2-3-5-11(10)15(19)23/h2-5,9H,6-8H2,1H3,(H,17,21). The first-order valence-corrected chi connectivity index (χ1v) is 9.03. The van der Waals surface area contributed by atoms with E-state index in [1.165, 1.54) is 23.6 Å². The SMILES string of the molecule is CC(C(=O)NCCN1C(=O)CSC1=S)N1C(=O)c2ccccc2C1=O. The second-order valence-corrected chi connectivity index (χ2v) is 7.20. The Morgan fingerprint density at radius 1 is 1.24 bits per heavy atom. The molecular formula is C16H15N3O4S2. The monoisotopic (exact) mass is 377 g/mol. The number of carbonyl (C=O) groups excluding carboxylic acids is 4. The van der Waals surface area contributed by atoms with Gasteiger partial charge in [-0.1, -0.05) is 36.1 Å². The van der Waals surface area contributed by atoms with Gasteiger partial charge < -0.3 is 5.32 Å². The first kappa shape index (κ1) is 17.6. The lowest BCUT2D eigenvalue weighted by atomic mass is 10.1. The van der Waals surface area contributed by atoms with E-state index >= 15 is 0 Å². The van der Waals surface area contributed by atoms with Gasteiger partial charge in [-0.3, -0.25) is 29.0 Å². The van der Waals surface area contributed by atoms with E-state index in [0.717, 1.165) is 4.90 Å². The third kappa shape index (κ3) is 3.16. The van der Waals surface area contributed by atoms with Crippen LogP contribution in [0, 0.1) is 0 Å². The summed E-state index contributed by atoms with van der Waals surface area (Å²) in [5.74, 6) is -1.18. The number of imide groups is 1. The molecule has 1 N–H and O–H groups in total. The lowest BCUT2D eigenvalue weighted by Gasteiger charge is -2.22. The summed E-state index contributed by atoms with van der Waals surface area (Å²) in [5.41, 5.74) is 0.606. The maximum absolute atomic E-state index is 12.4. The zero-order valence-corrected chi connectivity index (χ0v) is 15.0. The van der Waals surface area contributed by atoms with Crippen molar-refractivity contribution in [3.63, 3.8) is 0 Å². The van der Waals surface area contributed by atoms with E-state index in [0.29, 0.717) is 21.2 Å². The number of benzene rings is 1. The summed E-state index contributed by atoms with van der Waals surface area (Å²) in [6, 6.07) is 5.54. The molecule has 0 saturated carbocycles. The number of amides is 4. The van der Waals surface area contributed by atoms with Gasteiger partial charge in [-0.25, -0.2) is 0 Å². The van der Waals surface area contributed by atoms with Gasteiger partial charge in [0.2, 0.25) is 11.8 Å². The highest BCUT2D eigenvalue weighted by molar-refractivity contribution is 8.23. The number of nitrogens with zero attached hydrogens (tertiary/aromatic N) is 2. The highest BCUT2D eigenvalue weighted by Gasteiger charge is 2.40. The summed E-state index contributed by atoms with van der Waals surface area (Å²) in [5, 5.41) is 2.65. The van der Waals surface area contributed by atoms with Crippen molar-refractivity contribution >= 4 is 51.9 Å². The maximum atomic E-state index is 12.4. The molecule has 1 aromatic carbocycles. The zero-order valence-electron chi connectivity index (χ0n) is 13.4. The number of hydrogen-bond donors (Lipinski definition) is 1. The van der Waals surface area contributed by atoms with Crippen molar-refractivity contribution in [2.45, 2.75) is 13.0 Å². The lowest BCUT2D eigenvalue weighted by molar-refractivity contribution is -0.126. The van der Waals surface area contributed by atoms with Crippen LogP contribution in [0.4, 0.5) is 0 Å². The quantitative estimate of drug-likeness (QED) is 0.599. The van der Waals surface area contributed by atoms with E-state index < -0.39 is 23.8 Å². The molecule has 1 unspecified atom stereocenters. The van der Waals surface area contributed by atoms with Crippen LogP contribution in [0.5, 0.6) is 0 Å². The van der Waals surface area contributed by atoms with E-state index in [1.807, 2.05) is 0 Å². The lowest BCUT2D eigenvalue weighted by Crippen LogP contribution is -2.49. The van der Waals surface area contributed by atoms with Gasteiger partial charge in [0.15, 0.2) is 0 Å². The third-order valence-corrected chi connectivity index (χ3v) is 5.50. The van der Waals surface area contributed by atoms with Gasteiger partial charge in [-0.05, 0) is 19.1 Å². The molecule has 7 nitrogen and oxygen atoms in total. The van der Waals surface area contributed by atoms with Crippen molar-refractivity contribution in [2.75, 3.05) is 18.8 Å². The van der Waals surface area contributed by atoms with Crippen LogP contribution in [0.3, 0.4) is 0 Å². The van der Waals surface area contributed by atoms with Crippen LogP contribution in [0.2, 0.25) is 0 Å². The maximum Gasteiger partial charge on any atom is 0.262 e. The largest absolute Gasteiger partial charge is 0.353 e. The number of fused-ring (bicyclic) bond motifs is 1. The second-order valence-electron chi connectivity index (χ2n) is 5.59. The van der Waals surface area contributed by atoms with Crippen LogP contribution in [0.25, 0.3) is 0 Å². The number of thiocarbonyl (C=S) groups is 1. The van der Waals surface area contributed by atoms with Crippen molar-refractivity contribution < 1.29 is 19.2 Å². The van der Waals surface area contributed by atoms with Crippen LogP contribution in [-0.2, 0) is 9.59 Å². The Bertz CT molecular complexity index is 744. The van der Waals surface area contributed by atoms with E-state index in [2.05, 4.69) is 5.32 Å². The molecule has 130 valence electrons. The molecule has 2 heterocycles. The fourth-order valence-corrected chi connectivity index (χ4v) is 3.83. The Kier molecular flexibility index (Phi) is 4.87. The van der Waals surface area contributed by atoms with Crippen molar-refractivity contribution in [2.24, 2.45) is 0 Å². The highest BCUT2D eigenvalue weighted by Crippen LogP contribution is 2.24. The number of hydrogen-bond acceptors (Lipinski definition) is 6. The van der Waals surface area contributed by atoms with Crippen molar-refractivity contribution in [1.82, 2.24) is 15.1 Å². The van der Waals surface area contributed by atoms with Gasteiger partial charge in [-0.15, -0.1) is 0 Å². The van der Waals surface area contributed by atoms with Crippen LogP contribution < -0.4 is 5.32 Å². The molecular weight excluding hydrogens is 362 g/mol. The molecule has 0 spiro atoms. The fourth-order valence-electron chi connectivity index (χ4n) is 2.71. The third-order valence-electron chi connectivity index (χ3n) is 4.07. The number of thioether (sulfide) groups is 1. The average Bonchev–Trinajstić information content (AvgIpc) is 3.05. The van der Waals surface area contributed by atoms with Gasteiger partial charge in [0.05, 0.1) is 16.9 Å². The molecule has 25 heavy (non-hydrogen) atoms. The molecule has 1 saturated heterocycles. The molecule has 1 aromatic rings. The first-order chi connectivity index (χ1) is 11.9. The molecule has 2 aliphatic heterocycles. The van der Waals surface area contributed by atoms with Gasteiger partial charge in [-0.2, -0.15) is 0 Å². The summed E-state index contributed by atoms with van der Waals surface area (Å²) in [7, 11) is 0. The smallest absolute Gasteiger partial charge is 0.262 e. The molecule has 2 aliphatic rings.